The molecule has 0 spiro atoms. The molecule has 70 valence electrons. The molecular weight excluding hydrogens is 172 g/mol. The first kappa shape index (κ1) is 8.25. The maximum absolute atomic E-state index is 11.4. The Morgan fingerprint density at radius 3 is 2.92 bits per heavy atom. The van der Waals surface area contributed by atoms with Gasteiger partial charge in [-0.1, -0.05) is 0 Å². The van der Waals surface area contributed by atoms with Gasteiger partial charge in [0.2, 0.25) is 0 Å². The molecule has 0 aliphatic carbocycles. The highest BCUT2D eigenvalue weighted by Gasteiger charge is 2.22. The largest absolute Gasteiger partial charge is 0.387 e. The number of aromatic nitrogens is 2. The first-order valence-corrected chi connectivity index (χ1v) is 4.10. The van der Waals surface area contributed by atoms with Crippen molar-refractivity contribution in [3.8, 4) is 0 Å². The highest BCUT2D eigenvalue weighted by Crippen LogP contribution is 2.21. The maximum Gasteiger partial charge on any atom is 0.330 e. The Morgan fingerprint density at radius 1 is 1.54 bits per heavy atom. The van der Waals surface area contributed by atoms with Gasteiger partial charge in [0, 0.05) is 19.7 Å². The first-order chi connectivity index (χ1) is 6.11. The van der Waals surface area contributed by atoms with Crippen LogP contribution in [0.5, 0.6) is 0 Å². The summed E-state index contributed by atoms with van der Waals surface area (Å²) in [7, 11) is 1.43. The van der Waals surface area contributed by atoms with Gasteiger partial charge in [-0.05, 0) is 6.42 Å². The zero-order chi connectivity index (χ0) is 9.59. The van der Waals surface area contributed by atoms with Crippen LogP contribution >= 0.6 is 0 Å². The summed E-state index contributed by atoms with van der Waals surface area (Å²) >= 11 is 0. The Kier molecular flexibility index (Phi) is 1.63. The fourth-order valence-electron chi connectivity index (χ4n) is 1.59. The van der Waals surface area contributed by atoms with Crippen LogP contribution in [0.3, 0.4) is 0 Å². The zero-order valence-electron chi connectivity index (χ0n) is 7.23. The second kappa shape index (κ2) is 2.56. The lowest BCUT2D eigenvalue weighted by Gasteiger charge is -2.05. The minimum absolute atomic E-state index is 0.348. The SMILES string of the molecule is Cn1c(=O)cc2n(c1=O)CCC2O. The Labute approximate surface area is 73.9 Å². The number of aliphatic hydroxyl groups excluding tert-OH is 1. The van der Waals surface area contributed by atoms with E-state index >= 15 is 0 Å². The summed E-state index contributed by atoms with van der Waals surface area (Å²) in [6.07, 6.45) is -0.153. The van der Waals surface area contributed by atoms with Crippen LogP contribution in [-0.2, 0) is 13.6 Å². The molecule has 0 radical (unpaired) electrons. The monoisotopic (exact) mass is 182 g/mol. The van der Waals surface area contributed by atoms with Gasteiger partial charge in [-0.25, -0.2) is 4.79 Å². The number of hydrogen-bond donors (Lipinski definition) is 1. The summed E-state index contributed by atoms with van der Waals surface area (Å²) in [5.41, 5.74) is -0.274. The highest BCUT2D eigenvalue weighted by molar-refractivity contribution is 5.09. The molecule has 1 atom stereocenters. The van der Waals surface area contributed by atoms with Gasteiger partial charge in [0.1, 0.15) is 0 Å². The molecular formula is C8H10N2O3. The second-order valence-electron chi connectivity index (χ2n) is 3.21. The van der Waals surface area contributed by atoms with Gasteiger partial charge in [0.25, 0.3) is 5.56 Å². The van der Waals surface area contributed by atoms with Crippen LogP contribution in [-0.4, -0.2) is 14.2 Å². The first-order valence-electron chi connectivity index (χ1n) is 4.10. The van der Waals surface area contributed by atoms with E-state index in [2.05, 4.69) is 0 Å². The van der Waals surface area contributed by atoms with Crippen LogP contribution in [0.15, 0.2) is 15.7 Å². The molecule has 1 aliphatic heterocycles. The van der Waals surface area contributed by atoms with Crippen molar-refractivity contribution in [2.24, 2.45) is 7.05 Å². The molecule has 5 nitrogen and oxygen atoms in total. The third-order valence-corrected chi connectivity index (χ3v) is 2.40. The third kappa shape index (κ3) is 1.04. The summed E-state index contributed by atoms with van der Waals surface area (Å²) < 4.78 is 2.48. The molecule has 5 heteroatoms. The molecule has 1 aromatic heterocycles. The van der Waals surface area contributed by atoms with Crippen LogP contribution in [0, 0.1) is 0 Å². The van der Waals surface area contributed by atoms with E-state index in [0.29, 0.717) is 18.7 Å². The van der Waals surface area contributed by atoms with Crippen molar-refractivity contribution in [3.05, 3.63) is 32.6 Å². The number of hydrogen-bond acceptors (Lipinski definition) is 3. The molecule has 13 heavy (non-hydrogen) atoms. The van der Waals surface area contributed by atoms with E-state index in [1.54, 1.807) is 0 Å². The average molecular weight is 182 g/mol. The van der Waals surface area contributed by atoms with Gasteiger partial charge in [0.15, 0.2) is 0 Å². The van der Waals surface area contributed by atoms with Gasteiger partial charge < -0.3 is 5.11 Å². The van der Waals surface area contributed by atoms with E-state index in [0.717, 1.165) is 4.57 Å². The zero-order valence-corrected chi connectivity index (χ0v) is 7.23. The standard InChI is InChI=1S/C8H10N2O3/c1-9-7(12)4-5-6(11)2-3-10(5)8(9)13/h4,6,11H,2-3H2,1H3. The van der Waals surface area contributed by atoms with Crippen molar-refractivity contribution >= 4 is 0 Å². The number of fused-ring (bicyclic) bond motifs is 1. The van der Waals surface area contributed by atoms with E-state index in [1.807, 2.05) is 0 Å². The minimum Gasteiger partial charge on any atom is -0.387 e. The summed E-state index contributed by atoms with van der Waals surface area (Å²) in [6.45, 7) is 0.490. The van der Waals surface area contributed by atoms with Crippen molar-refractivity contribution in [2.45, 2.75) is 19.1 Å². The Morgan fingerprint density at radius 2 is 2.23 bits per heavy atom. The van der Waals surface area contributed by atoms with Crippen molar-refractivity contribution in [2.75, 3.05) is 0 Å². The predicted molar refractivity (Wildman–Crippen MR) is 45.5 cm³/mol. The molecule has 2 rings (SSSR count). The van der Waals surface area contributed by atoms with Crippen LogP contribution in [0.2, 0.25) is 0 Å². The van der Waals surface area contributed by atoms with Crippen LogP contribution in [0.4, 0.5) is 0 Å². The Hall–Kier alpha value is -1.36. The molecule has 1 aliphatic rings. The summed E-state index contributed by atoms with van der Waals surface area (Å²) in [5.74, 6) is 0. The van der Waals surface area contributed by atoms with Gasteiger partial charge in [-0.3, -0.25) is 13.9 Å². The lowest BCUT2D eigenvalue weighted by atomic mass is 10.2. The van der Waals surface area contributed by atoms with E-state index < -0.39 is 6.10 Å². The van der Waals surface area contributed by atoms with E-state index in [1.165, 1.54) is 17.7 Å². The van der Waals surface area contributed by atoms with E-state index in [-0.39, 0.29) is 11.2 Å². The second-order valence-corrected chi connectivity index (χ2v) is 3.21. The molecule has 0 fully saturated rings. The molecule has 0 amide bonds. The lowest BCUT2D eigenvalue weighted by Crippen LogP contribution is -2.37. The number of nitrogens with zero attached hydrogens (tertiary/aromatic N) is 2. The van der Waals surface area contributed by atoms with Gasteiger partial charge in [-0.15, -0.1) is 0 Å². The van der Waals surface area contributed by atoms with Crippen molar-refractivity contribution < 1.29 is 5.11 Å². The van der Waals surface area contributed by atoms with Crippen molar-refractivity contribution in [1.82, 2.24) is 9.13 Å². The van der Waals surface area contributed by atoms with Crippen LogP contribution in [0.1, 0.15) is 18.2 Å². The lowest BCUT2D eigenvalue weighted by molar-refractivity contribution is 0.179. The van der Waals surface area contributed by atoms with E-state index in [4.69, 9.17) is 0 Å². The number of aliphatic hydroxyl groups is 1. The quantitative estimate of drug-likeness (QED) is 0.558. The molecule has 2 heterocycles. The molecule has 1 N–H and O–H groups in total. The normalized spacial score (nSPS) is 20.3. The maximum atomic E-state index is 11.4. The van der Waals surface area contributed by atoms with E-state index in [9.17, 15) is 14.7 Å². The van der Waals surface area contributed by atoms with Crippen molar-refractivity contribution in [1.29, 1.82) is 0 Å². The van der Waals surface area contributed by atoms with Gasteiger partial charge >= 0.3 is 5.69 Å². The van der Waals surface area contributed by atoms with Crippen molar-refractivity contribution in [3.63, 3.8) is 0 Å². The molecule has 0 saturated carbocycles. The average Bonchev–Trinajstić information content (AvgIpc) is 2.45. The van der Waals surface area contributed by atoms with Gasteiger partial charge in [-0.2, -0.15) is 0 Å². The molecule has 0 bridgehead atoms. The highest BCUT2D eigenvalue weighted by atomic mass is 16.3. The third-order valence-electron chi connectivity index (χ3n) is 2.40. The summed E-state index contributed by atoms with van der Waals surface area (Å²) in [6, 6.07) is 1.32. The summed E-state index contributed by atoms with van der Waals surface area (Å²) in [4.78, 5) is 22.6. The minimum atomic E-state index is -0.665. The molecule has 0 aromatic carbocycles. The van der Waals surface area contributed by atoms with Crippen LogP contribution < -0.4 is 11.2 Å². The Bertz CT molecular complexity index is 457. The fraction of sp³-hybridized carbons (Fsp3) is 0.500. The molecule has 1 aromatic rings. The fourth-order valence-corrected chi connectivity index (χ4v) is 1.59. The van der Waals surface area contributed by atoms with Gasteiger partial charge in [0.05, 0.1) is 11.8 Å². The predicted octanol–water partition coefficient (Wildman–Crippen LogP) is -1.02. The topological polar surface area (TPSA) is 64.2 Å². The Balaban J connectivity index is 2.82. The smallest absolute Gasteiger partial charge is 0.330 e. The van der Waals surface area contributed by atoms with Crippen LogP contribution in [0.25, 0.3) is 0 Å². The number of rotatable bonds is 0. The molecule has 1 unspecified atom stereocenters. The molecule has 0 saturated heterocycles. The summed E-state index contributed by atoms with van der Waals surface area (Å²) in [5, 5.41) is 9.41.